The molecule has 4 rings (SSSR count). The predicted molar refractivity (Wildman–Crippen MR) is 111 cm³/mol. The first kappa shape index (κ1) is 19.4. The van der Waals surface area contributed by atoms with Crippen molar-refractivity contribution < 1.29 is 9.53 Å². The van der Waals surface area contributed by atoms with Crippen LogP contribution in [0.2, 0.25) is 0 Å². The Morgan fingerprint density at radius 3 is 2.89 bits per heavy atom. The van der Waals surface area contributed by atoms with E-state index >= 15 is 0 Å². The highest BCUT2D eigenvalue weighted by molar-refractivity contribution is 7.99. The molecule has 7 nitrogen and oxygen atoms in total. The Bertz CT molecular complexity index is 881. The number of para-hydroxylation sites is 1. The van der Waals surface area contributed by atoms with E-state index in [2.05, 4.69) is 9.88 Å². The van der Waals surface area contributed by atoms with Crippen molar-refractivity contribution in [1.82, 2.24) is 19.4 Å². The van der Waals surface area contributed by atoms with Crippen LogP contribution in [-0.2, 0) is 16.1 Å². The number of carbonyl (C=O) groups excluding carboxylic acids is 1. The smallest absolute Gasteiger partial charge is 0.261 e. The van der Waals surface area contributed by atoms with Crippen molar-refractivity contribution in [2.24, 2.45) is 0 Å². The maximum Gasteiger partial charge on any atom is 0.261 e. The summed E-state index contributed by atoms with van der Waals surface area (Å²) in [6.07, 6.45) is 2.48. The van der Waals surface area contributed by atoms with Gasteiger partial charge in [0.25, 0.3) is 5.56 Å². The molecule has 1 unspecified atom stereocenters. The second kappa shape index (κ2) is 9.07. The maximum absolute atomic E-state index is 13.1. The van der Waals surface area contributed by atoms with Gasteiger partial charge in [-0.15, -0.1) is 0 Å². The molecule has 150 valence electrons. The van der Waals surface area contributed by atoms with E-state index in [1.165, 1.54) is 10.9 Å². The molecule has 1 amide bonds. The molecule has 2 aliphatic heterocycles. The molecule has 0 bridgehead atoms. The van der Waals surface area contributed by atoms with Crippen LogP contribution in [0, 0.1) is 0 Å². The number of morpholine rings is 1. The summed E-state index contributed by atoms with van der Waals surface area (Å²) in [5.74, 6) is 2.01. The van der Waals surface area contributed by atoms with E-state index in [1.807, 2.05) is 34.9 Å². The average molecular weight is 403 g/mol. The van der Waals surface area contributed by atoms with E-state index in [0.717, 1.165) is 57.3 Å². The van der Waals surface area contributed by atoms with Crippen molar-refractivity contribution in [3.05, 3.63) is 40.9 Å². The van der Waals surface area contributed by atoms with Crippen LogP contribution in [0.15, 0.2) is 35.4 Å². The van der Waals surface area contributed by atoms with Gasteiger partial charge in [0.1, 0.15) is 6.54 Å². The molecular weight excluding hydrogens is 376 g/mol. The zero-order valence-corrected chi connectivity index (χ0v) is 16.8. The molecule has 3 heterocycles. The van der Waals surface area contributed by atoms with Gasteiger partial charge in [-0.3, -0.25) is 19.1 Å². The number of hydrogen-bond acceptors (Lipinski definition) is 6. The number of benzene rings is 1. The number of nitrogens with zero attached hydrogens (tertiary/aromatic N) is 4. The van der Waals surface area contributed by atoms with Gasteiger partial charge in [0.2, 0.25) is 5.91 Å². The van der Waals surface area contributed by atoms with Crippen molar-refractivity contribution in [3.63, 3.8) is 0 Å². The molecule has 0 aliphatic carbocycles. The summed E-state index contributed by atoms with van der Waals surface area (Å²) in [7, 11) is 0. The van der Waals surface area contributed by atoms with Crippen LogP contribution in [0.1, 0.15) is 6.42 Å². The molecule has 2 saturated heterocycles. The highest BCUT2D eigenvalue weighted by Crippen LogP contribution is 2.18. The summed E-state index contributed by atoms with van der Waals surface area (Å²) in [6.45, 7) is 5.00. The third-order valence-corrected chi connectivity index (χ3v) is 6.57. The van der Waals surface area contributed by atoms with Gasteiger partial charge in [-0.05, 0) is 24.3 Å². The van der Waals surface area contributed by atoms with Crippen molar-refractivity contribution >= 4 is 28.6 Å². The second-order valence-electron chi connectivity index (χ2n) is 7.28. The molecule has 8 heteroatoms. The Morgan fingerprint density at radius 2 is 2.04 bits per heavy atom. The molecule has 2 fully saturated rings. The monoisotopic (exact) mass is 402 g/mol. The highest BCUT2D eigenvalue weighted by Gasteiger charge is 2.28. The number of carbonyl (C=O) groups is 1. The van der Waals surface area contributed by atoms with Crippen LogP contribution in [0.5, 0.6) is 0 Å². The van der Waals surface area contributed by atoms with Gasteiger partial charge in [0.15, 0.2) is 0 Å². The van der Waals surface area contributed by atoms with E-state index in [9.17, 15) is 9.59 Å². The molecule has 0 saturated carbocycles. The minimum absolute atomic E-state index is 0.0000550. The summed E-state index contributed by atoms with van der Waals surface area (Å²) in [5.41, 5.74) is 0.500. The van der Waals surface area contributed by atoms with E-state index in [-0.39, 0.29) is 24.1 Å². The van der Waals surface area contributed by atoms with Crippen molar-refractivity contribution in [2.45, 2.75) is 19.0 Å². The largest absolute Gasteiger partial charge is 0.379 e. The second-order valence-corrected chi connectivity index (χ2v) is 8.43. The fourth-order valence-corrected chi connectivity index (χ4v) is 4.90. The average Bonchev–Trinajstić information content (AvgIpc) is 2.96. The third-order valence-electron chi connectivity index (χ3n) is 5.37. The van der Waals surface area contributed by atoms with Gasteiger partial charge in [0, 0.05) is 31.9 Å². The number of ether oxygens (including phenoxy) is 1. The van der Waals surface area contributed by atoms with Gasteiger partial charge in [-0.2, -0.15) is 11.8 Å². The zero-order chi connectivity index (χ0) is 19.3. The van der Waals surface area contributed by atoms with Crippen molar-refractivity contribution in [3.8, 4) is 0 Å². The summed E-state index contributed by atoms with van der Waals surface area (Å²) in [4.78, 5) is 34.6. The fraction of sp³-hybridized carbons (Fsp3) is 0.550. The highest BCUT2D eigenvalue weighted by atomic mass is 32.2. The first-order valence-corrected chi connectivity index (χ1v) is 11.0. The Hall–Kier alpha value is -1.90. The van der Waals surface area contributed by atoms with Gasteiger partial charge in [-0.1, -0.05) is 12.1 Å². The van der Waals surface area contributed by atoms with E-state index in [1.54, 1.807) is 6.07 Å². The van der Waals surface area contributed by atoms with Crippen LogP contribution in [0.3, 0.4) is 0 Å². The predicted octanol–water partition coefficient (Wildman–Crippen LogP) is 1.06. The van der Waals surface area contributed by atoms with Gasteiger partial charge >= 0.3 is 0 Å². The minimum atomic E-state index is -0.159. The van der Waals surface area contributed by atoms with Gasteiger partial charge < -0.3 is 9.64 Å². The Balaban J connectivity index is 1.51. The molecular formula is C20H26N4O3S. The lowest BCUT2D eigenvalue weighted by Gasteiger charge is -2.35. The minimum Gasteiger partial charge on any atom is -0.379 e. The Morgan fingerprint density at radius 1 is 1.21 bits per heavy atom. The molecule has 1 aromatic carbocycles. The quantitative estimate of drug-likeness (QED) is 0.762. The zero-order valence-electron chi connectivity index (χ0n) is 16.0. The molecule has 0 N–H and O–H groups in total. The Kier molecular flexibility index (Phi) is 6.29. The summed E-state index contributed by atoms with van der Waals surface area (Å²) >= 11 is 1.91. The third kappa shape index (κ3) is 4.39. The van der Waals surface area contributed by atoms with E-state index in [4.69, 9.17) is 4.74 Å². The van der Waals surface area contributed by atoms with Crippen LogP contribution in [0.4, 0.5) is 0 Å². The number of aromatic nitrogens is 2. The normalized spacial score (nSPS) is 21.6. The van der Waals surface area contributed by atoms with Crippen LogP contribution in [-0.4, -0.2) is 82.2 Å². The number of fused-ring (bicyclic) bond motifs is 1. The molecule has 1 aromatic heterocycles. The first-order chi connectivity index (χ1) is 13.7. The number of amides is 1. The SMILES string of the molecule is O=C(Cn1cnc2ccccc2c1=O)N1CCCSCC1CN1CCOCC1. The maximum atomic E-state index is 13.1. The van der Waals surface area contributed by atoms with E-state index < -0.39 is 0 Å². The Labute approximate surface area is 168 Å². The molecule has 28 heavy (non-hydrogen) atoms. The molecule has 2 aliphatic rings. The number of rotatable bonds is 4. The number of hydrogen-bond donors (Lipinski definition) is 0. The van der Waals surface area contributed by atoms with Gasteiger partial charge in [-0.25, -0.2) is 4.98 Å². The summed E-state index contributed by atoms with van der Waals surface area (Å²) < 4.78 is 6.88. The summed E-state index contributed by atoms with van der Waals surface area (Å²) in [5, 5.41) is 0.550. The topological polar surface area (TPSA) is 67.7 Å². The molecule has 1 atom stereocenters. The molecule has 0 radical (unpaired) electrons. The van der Waals surface area contributed by atoms with Crippen LogP contribution in [0.25, 0.3) is 10.9 Å². The van der Waals surface area contributed by atoms with Crippen LogP contribution >= 0.6 is 11.8 Å². The lowest BCUT2D eigenvalue weighted by Crippen LogP contribution is -2.51. The lowest BCUT2D eigenvalue weighted by molar-refractivity contribution is -0.134. The van der Waals surface area contributed by atoms with Crippen molar-refractivity contribution in [2.75, 3.05) is 50.9 Å². The standard InChI is InChI=1S/C20H26N4O3S/c25-19(13-23-15-21-18-5-2-1-4-17(18)20(23)26)24-6-3-11-28-14-16(24)12-22-7-9-27-10-8-22/h1-2,4-5,15-16H,3,6-14H2. The van der Waals surface area contributed by atoms with E-state index in [0.29, 0.717) is 10.9 Å². The van der Waals surface area contributed by atoms with Gasteiger partial charge in [0.05, 0.1) is 36.5 Å². The summed E-state index contributed by atoms with van der Waals surface area (Å²) in [6, 6.07) is 7.42. The molecule has 2 aromatic rings. The first-order valence-electron chi connectivity index (χ1n) is 9.84. The van der Waals surface area contributed by atoms with Crippen LogP contribution < -0.4 is 5.56 Å². The molecule has 0 spiro atoms. The number of thioether (sulfide) groups is 1. The fourth-order valence-electron chi connectivity index (χ4n) is 3.85. The van der Waals surface area contributed by atoms with Crippen molar-refractivity contribution in [1.29, 1.82) is 0 Å². The lowest BCUT2D eigenvalue weighted by atomic mass is 10.2.